The highest BCUT2D eigenvalue weighted by Gasteiger charge is 2.49. The van der Waals surface area contributed by atoms with Gasteiger partial charge in [0.1, 0.15) is 0 Å². The molecule has 0 unspecified atom stereocenters. The van der Waals surface area contributed by atoms with Crippen LogP contribution in [-0.2, 0) is 0 Å². The standard InChI is InChI=1S/C27H39N3OSi/c1-27(2,23-17-9-7-5-3-4-6-8-10-18-24-29-30-28)32(31,25-19-13-11-14-20-25)26-21-15-12-16-22-26/h4,6,11-16,19-22,31H,3,5,7-10,17-18,23-24H2,1-2H3/b6-4-. The van der Waals surface area contributed by atoms with Crippen molar-refractivity contribution in [3.63, 3.8) is 0 Å². The van der Waals surface area contributed by atoms with Crippen molar-refractivity contribution in [1.82, 2.24) is 0 Å². The highest BCUT2D eigenvalue weighted by Crippen LogP contribution is 2.40. The Labute approximate surface area is 195 Å². The van der Waals surface area contributed by atoms with Gasteiger partial charge in [0.15, 0.2) is 0 Å². The average Bonchev–Trinajstić information content (AvgIpc) is 2.82. The van der Waals surface area contributed by atoms with Crippen LogP contribution in [-0.4, -0.2) is 19.7 Å². The first-order valence-electron chi connectivity index (χ1n) is 12.0. The number of nitrogens with zero attached hydrogens (tertiary/aromatic N) is 3. The average molecular weight is 450 g/mol. The monoisotopic (exact) mass is 449 g/mol. The van der Waals surface area contributed by atoms with E-state index >= 15 is 0 Å². The van der Waals surface area contributed by atoms with Gasteiger partial charge in [0.25, 0.3) is 8.32 Å². The Morgan fingerprint density at radius 3 is 1.84 bits per heavy atom. The molecule has 172 valence electrons. The molecule has 5 heteroatoms. The summed E-state index contributed by atoms with van der Waals surface area (Å²) in [6, 6.07) is 20.6. The van der Waals surface area contributed by atoms with E-state index in [4.69, 9.17) is 5.53 Å². The maximum atomic E-state index is 12.2. The molecule has 0 fully saturated rings. The number of hydrogen-bond donors (Lipinski definition) is 1. The topological polar surface area (TPSA) is 69.0 Å². The van der Waals surface area contributed by atoms with Gasteiger partial charge in [-0.25, -0.2) is 0 Å². The lowest BCUT2D eigenvalue weighted by molar-refractivity contribution is 0.447. The maximum Gasteiger partial charge on any atom is 0.258 e. The number of allylic oxidation sites excluding steroid dienone is 2. The third-order valence-corrected chi connectivity index (χ3v) is 10.9. The molecule has 0 atom stereocenters. The van der Waals surface area contributed by atoms with Crippen LogP contribution in [0.4, 0.5) is 0 Å². The summed E-state index contributed by atoms with van der Waals surface area (Å²) >= 11 is 0. The molecule has 0 bridgehead atoms. The Balaban J connectivity index is 1.80. The van der Waals surface area contributed by atoms with E-state index in [1.165, 1.54) is 19.3 Å². The lowest BCUT2D eigenvalue weighted by Crippen LogP contribution is -2.65. The molecule has 0 amide bonds. The van der Waals surface area contributed by atoms with E-state index in [1.54, 1.807) is 0 Å². The highest BCUT2D eigenvalue weighted by atomic mass is 28.4. The van der Waals surface area contributed by atoms with Crippen molar-refractivity contribution >= 4 is 18.7 Å². The zero-order valence-electron chi connectivity index (χ0n) is 19.8. The van der Waals surface area contributed by atoms with Crippen LogP contribution in [0.3, 0.4) is 0 Å². The van der Waals surface area contributed by atoms with Crippen LogP contribution in [0.25, 0.3) is 10.4 Å². The summed E-state index contributed by atoms with van der Waals surface area (Å²) in [4.78, 5) is 15.0. The summed E-state index contributed by atoms with van der Waals surface area (Å²) in [5, 5.41) is 5.61. The van der Waals surface area contributed by atoms with Gasteiger partial charge in [0.2, 0.25) is 0 Å². The minimum absolute atomic E-state index is 0.148. The number of unbranched alkanes of at least 4 members (excludes halogenated alkanes) is 6. The normalized spacial score (nSPS) is 12.1. The fraction of sp³-hybridized carbons (Fsp3) is 0.481. The predicted octanol–water partition coefficient (Wildman–Crippen LogP) is 6.90. The fourth-order valence-electron chi connectivity index (χ4n) is 4.40. The Bertz CT molecular complexity index is 806. The van der Waals surface area contributed by atoms with Gasteiger partial charge in [-0.05, 0) is 59.5 Å². The van der Waals surface area contributed by atoms with Crippen LogP contribution in [0, 0.1) is 0 Å². The van der Waals surface area contributed by atoms with Crippen molar-refractivity contribution < 1.29 is 4.80 Å². The van der Waals surface area contributed by atoms with Gasteiger partial charge < -0.3 is 4.80 Å². The maximum absolute atomic E-state index is 12.2. The first kappa shape index (κ1) is 25.9. The Morgan fingerprint density at radius 2 is 1.31 bits per heavy atom. The van der Waals surface area contributed by atoms with Crippen molar-refractivity contribution in [2.24, 2.45) is 5.11 Å². The van der Waals surface area contributed by atoms with Crippen LogP contribution < -0.4 is 10.4 Å². The smallest absolute Gasteiger partial charge is 0.258 e. The van der Waals surface area contributed by atoms with Crippen LogP contribution in [0.1, 0.15) is 71.6 Å². The van der Waals surface area contributed by atoms with E-state index < -0.39 is 8.32 Å². The molecule has 0 saturated heterocycles. The highest BCUT2D eigenvalue weighted by molar-refractivity contribution is 6.98. The molecule has 0 aliphatic heterocycles. The zero-order valence-corrected chi connectivity index (χ0v) is 20.8. The molecule has 2 aromatic rings. The second-order valence-corrected chi connectivity index (χ2v) is 13.1. The number of rotatable bonds is 15. The van der Waals surface area contributed by atoms with Crippen LogP contribution in [0.15, 0.2) is 77.9 Å². The molecule has 1 N–H and O–H groups in total. The van der Waals surface area contributed by atoms with Crippen molar-refractivity contribution in [1.29, 1.82) is 0 Å². The number of hydrogen-bond acceptors (Lipinski definition) is 2. The summed E-state index contributed by atoms with van der Waals surface area (Å²) in [7, 11) is -2.87. The summed E-state index contributed by atoms with van der Waals surface area (Å²) < 4.78 is 0. The minimum Gasteiger partial charge on any atom is -0.424 e. The van der Waals surface area contributed by atoms with E-state index in [9.17, 15) is 4.80 Å². The molecule has 0 aromatic heterocycles. The van der Waals surface area contributed by atoms with Crippen molar-refractivity contribution in [2.45, 2.75) is 76.7 Å². The molecular formula is C27H39N3OSi. The first-order chi connectivity index (χ1) is 15.5. The van der Waals surface area contributed by atoms with Gasteiger partial charge in [-0.3, -0.25) is 0 Å². The third kappa shape index (κ3) is 7.66. The summed E-state index contributed by atoms with van der Waals surface area (Å²) in [5.41, 5.74) is 8.25. The quantitative estimate of drug-likeness (QED) is 0.0788. The second kappa shape index (κ2) is 13.9. The summed E-state index contributed by atoms with van der Waals surface area (Å²) in [6.45, 7) is 5.11. The molecule has 0 spiro atoms. The van der Waals surface area contributed by atoms with Gasteiger partial charge in [-0.1, -0.05) is 111 Å². The van der Waals surface area contributed by atoms with Gasteiger partial charge in [-0.15, -0.1) is 0 Å². The second-order valence-electron chi connectivity index (χ2n) is 9.20. The van der Waals surface area contributed by atoms with E-state index in [-0.39, 0.29) is 5.04 Å². The lowest BCUT2D eigenvalue weighted by Gasteiger charge is -2.41. The number of azide groups is 1. The van der Waals surface area contributed by atoms with Crippen molar-refractivity contribution in [3.8, 4) is 0 Å². The molecule has 0 aliphatic rings. The molecule has 2 aromatic carbocycles. The van der Waals surface area contributed by atoms with E-state index in [2.05, 4.69) is 60.3 Å². The molecule has 0 heterocycles. The zero-order chi connectivity index (χ0) is 23.1. The SMILES string of the molecule is CC(C)(CCCCCC/C=C\CCCCN=[N+]=[N-])[Si](O)(c1ccccc1)c1ccccc1. The molecule has 2 rings (SSSR count). The molecule has 0 saturated carbocycles. The van der Waals surface area contributed by atoms with Gasteiger partial charge in [0.05, 0.1) is 0 Å². The Morgan fingerprint density at radius 1 is 0.812 bits per heavy atom. The van der Waals surface area contributed by atoms with Crippen LogP contribution >= 0.6 is 0 Å². The van der Waals surface area contributed by atoms with Gasteiger partial charge >= 0.3 is 0 Å². The van der Waals surface area contributed by atoms with Crippen LogP contribution in [0.2, 0.25) is 5.04 Å². The molecule has 32 heavy (non-hydrogen) atoms. The van der Waals surface area contributed by atoms with Gasteiger partial charge in [0, 0.05) is 11.5 Å². The van der Waals surface area contributed by atoms with Gasteiger partial charge in [-0.2, -0.15) is 0 Å². The minimum atomic E-state index is -2.87. The molecule has 0 aliphatic carbocycles. The first-order valence-corrected chi connectivity index (χ1v) is 14.0. The van der Waals surface area contributed by atoms with E-state index in [0.29, 0.717) is 6.54 Å². The Hall–Kier alpha value is -2.33. The van der Waals surface area contributed by atoms with Crippen molar-refractivity contribution in [2.75, 3.05) is 6.54 Å². The Kier molecular flexibility index (Phi) is 11.3. The third-order valence-electron chi connectivity index (χ3n) is 6.39. The predicted molar refractivity (Wildman–Crippen MR) is 139 cm³/mol. The van der Waals surface area contributed by atoms with Crippen molar-refractivity contribution in [3.05, 3.63) is 83.3 Å². The largest absolute Gasteiger partial charge is 0.424 e. The number of benzene rings is 2. The lowest BCUT2D eigenvalue weighted by atomic mass is 10.0. The van der Waals surface area contributed by atoms with E-state index in [0.717, 1.165) is 48.9 Å². The summed E-state index contributed by atoms with van der Waals surface area (Å²) in [6.07, 6.45) is 14.6. The summed E-state index contributed by atoms with van der Waals surface area (Å²) in [5.74, 6) is 0. The van der Waals surface area contributed by atoms with Crippen LogP contribution in [0.5, 0.6) is 0 Å². The van der Waals surface area contributed by atoms with E-state index in [1.807, 2.05) is 36.4 Å². The molecular weight excluding hydrogens is 410 g/mol. The molecule has 4 nitrogen and oxygen atoms in total. The fourth-order valence-corrected chi connectivity index (χ4v) is 8.18. The molecule has 0 radical (unpaired) electrons.